The van der Waals surface area contributed by atoms with E-state index in [1.165, 1.54) is 6.92 Å². The highest BCUT2D eigenvalue weighted by Crippen LogP contribution is 2.14. The number of carbonyl (C=O) groups is 1. The van der Waals surface area contributed by atoms with Gasteiger partial charge in [0.25, 0.3) is 11.2 Å². The molecule has 1 rings (SSSR count). The molecule has 6 heteroatoms. The number of hydrogen-bond donors (Lipinski definition) is 0. The molecule has 0 amide bonds. The molecule has 20 heavy (non-hydrogen) atoms. The molecule has 0 heterocycles. The van der Waals surface area contributed by atoms with Gasteiger partial charge in [0.15, 0.2) is 5.78 Å². The second kappa shape index (κ2) is 7.00. The fraction of sp³-hybridized carbons (Fsp3) is 0.357. The van der Waals surface area contributed by atoms with Crippen LogP contribution < -0.4 is 0 Å². The molecule has 0 fully saturated rings. The van der Waals surface area contributed by atoms with Crippen LogP contribution in [0.1, 0.15) is 17.3 Å². The largest absolute Gasteiger partial charge is 0.398 e. The van der Waals surface area contributed by atoms with E-state index in [9.17, 15) is 4.79 Å². The van der Waals surface area contributed by atoms with Crippen LogP contribution in [0.25, 0.3) is 0 Å². The highest BCUT2D eigenvalue weighted by molar-refractivity contribution is 7.80. The third kappa shape index (κ3) is 4.62. The maximum atomic E-state index is 11.2. The molecule has 5 nitrogen and oxygen atoms in total. The molecule has 1 aromatic rings. The molecule has 0 N–H and O–H groups in total. The average Bonchev–Trinajstić information content (AvgIpc) is 2.38. The molecule has 0 spiro atoms. The Hall–Kier alpha value is -1.95. The number of aliphatic imine (C=N–C) groups is 1. The molecule has 0 saturated heterocycles. The van der Waals surface area contributed by atoms with Gasteiger partial charge in [-0.25, -0.2) is 0 Å². The number of Topliss-reactive ketones (excluding diaryl/α,β-unsaturated/α-hetero) is 1. The van der Waals surface area contributed by atoms with Crippen molar-refractivity contribution in [3.63, 3.8) is 0 Å². The molecule has 0 bridgehead atoms. The van der Waals surface area contributed by atoms with Crippen molar-refractivity contribution in [2.75, 3.05) is 28.2 Å². The SMILES string of the molecule is CC(=O)c1ccc(N=C(OC(=S)N(C)C)N(C)C)cc1. The van der Waals surface area contributed by atoms with Crippen LogP contribution in [0, 0.1) is 0 Å². The Morgan fingerprint density at radius 1 is 1.10 bits per heavy atom. The Bertz CT molecular complexity index is 522. The summed E-state index contributed by atoms with van der Waals surface area (Å²) in [6.45, 7) is 1.53. The van der Waals surface area contributed by atoms with Gasteiger partial charge in [0.05, 0.1) is 5.69 Å². The van der Waals surface area contributed by atoms with Gasteiger partial charge in [-0.15, -0.1) is 0 Å². The highest BCUT2D eigenvalue weighted by Gasteiger charge is 2.09. The molecule has 108 valence electrons. The van der Waals surface area contributed by atoms with Crippen LogP contribution in [0.4, 0.5) is 5.69 Å². The maximum absolute atomic E-state index is 11.2. The van der Waals surface area contributed by atoms with Gasteiger partial charge in [-0.3, -0.25) is 4.79 Å². The van der Waals surface area contributed by atoms with Crippen LogP contribution in [-0.4, -0.2) is 55.0 Å². The van der Waals surface area contributed by atoms with Crippen molar-refractivity contribution in [1.82, 2.24) is 9.80 Å². The van der Waals surface area contributed by atoms with E-state index in [0.29, 0.717) is 22.4 Å². The van der Waals surface area contributed by atoms with Crippen molar-refractivity contribution in [2.45, 2.75) is 6.92 Å². The van der Waals surface area contributed by atoms with E-state index in [1.807, 2.05) is 14.1 Å². The van der Waals surface area contributed by atoms with E-state index in [2.05, 4.69) is 4.99 Å². The number of nitrogens with zero attached hydrogens (tertiary/aromatic N) is 3. The van der Waals surface area contributed by atoms with Crippen molar-refractivity contribution < 1.29 is 9.53 Å². The third-order valence-electron chi connectivity index (χ3n) is 2.42. The topological polar surface area (TPSA) is 45.1 Å². The van der Waals surface area contributed by atoms with E-state index in [1.54, 1.807) is 48.2 Å². The zero-order chi connectivity index (χ0) is 15.3. The Morgan fingerprint density at radius 2 is 1.65 bits per heavy atom. The van der Waals surface area contributed by atoms with Gasteiger partial charge in [0.2, 0.25) is 0 Å². The van der Waals surface area contributed by atoms with Crippen molar-refractivity contribution in [3.05, 3.63) is 29.8 Å². The van der Waals surface area contributed by atoms with Crippen LogP contribution in [0.2, 0.25) is 0 Å². The number of carbonyl (C=O) groups excluding carboxylic acids is 1. The lowest BCUT2D eigenvalue weighted by Gasteiger charge is -2.19. The Balaban J connectivity index is 2.96. The van der Waals surface area contributed by atoms with E-state index < -0.39 is 0 Å². The Kier molecular flexibility index (Phi) is 5.64. The second-order valence-corrected chi connectivity index (χ2v) is 5.00. The lowest BCUT2D eigenvalue weighted by atomic mass is 10.1. The molecule has 0 saturated carbocycles. The van der Waals surface area contributed by atoms with Crippen molar-refractivity contribution in [1.29, 1.82) is 0 Å². The fourth-order valence-electron chi connectivity index (χ4n) is 1.26. The molecular formula is C14H19N3O2S. The fourth-order valence-corrected chi connectivity index (χ4v) is 1.34. The van der Waals surface area contributed by atoms with Crippen molar-refractivity contribution in [3.8, 4) is 0 Å². The van der Waals surface area contributed by atoms with Crippen molar-refractivity contribution in [2.24, 2.45) is 4.99 Å². The van der Waals surface area contributed by atoms with Gasteiger partial charge in [-0.05, 0) is 43.4 Å². The number of benzene rings is 1. The molecule has 1 aromatic carbocycles. The van der Waals surface area contributed by atoms with Gasteiger partial charge in [-0.1, -0.05) is 0 Å². The predicted molar refractivity (Wildman–Crippen MR) is 84.6 cm³/mol. The van der Waals surface area contributed by atoms with Crippen LogP contribution >= 0.6 is 12.2 Å². The number of thiocarbonyl (C=S) groups is 1. The average molecular weight is 293 g/mol. The van der Waals surface area contributed by atoms with Gasteiger partial charge in [-0.2, -0.15) is 4.99 Å². The minimum absolute atomic E-state index is 0.0263. The first kappa shape index (κ1) is 16.1. The number of ether oxygens (including phenoxy) is 1. The van der Waals surface area contributed by atoms with Crippen LogP contribution in [0.15, 0.2) is 29.3 Å². The van der Waals surface area contributed by atoms with Crippen LogP contribution in [0.3, 0.4) is 0 Å². The van der Waals surface area contributed by atoms with E-state index in [0.717, 1.165) is 0 Å². The first-order valence-electron chi connectivity index (χ1n) is 6.07. The summed E-state index contributed by atoms with van der Waals surface area (Å²) in [6.07, 6.45) is 0. The Labute approximate surface area is 124 Å². The lowest BCUT2D eigenvalue weighted by molar-refractivity contribution is 0.101. The normalized spacial score (nSPS) is 10.9. The predicted octanol–water partition coefficient (Wildman–Crippen LogP) is 2.30. The monoisotopic (exact) mass is 293 g/mol. The third-order valence-corrected chi connectivity index (χ3v) is 2.87. The van der Waals surface area contributed by atoms with Gasteiger partial charge >= 0.3 is 0 Å². The molecule has 0 unspecified atom stereocenters. The molecule has 0 aromatic heterocycles. The quantitative estimate of drug-likeness (QED) is 0.362. The van der Waals surface area contributed by atoms with E-state index in [-0.39, 0.29) is 5.78 Å². The second-order valence-electron chi connectivity index (χ2n) is 4.65. The summed E-state index contributed by atoms with van der Waals surface area (Å²) in [5.41, 5.74) is 1.35. The van der Waals surface area contributed by atoms with E-state index in [4.69, 9.17) is 17.0 Å². The van der Waals surface area contributed by atoms with Gasteiger partial charge in [0, 0.05) is 33.8 Å². The van der Waals surface area contributed by atoms with Crippen molar-refractivity contribution >= 4 is 34.9 Å². The summed E-state index contributed by atoms with van der Waals surface area (Å²) >= 11 is 5.10. The van der Waals surface area contributed by atoms with Crippen LogP contribution in [0.5, 0.6) is 0 Å². The van der Waals surface area contributed by atoms with Gasteiger partial charge < -0.3 is 14.5 Å². The first-order chi connectivity index (χ1) is 9.31. The molecule has 0 aliphatic rings. The lowest BCUT2D eigenvalue weighted by Crippen LogP contribution is -2.32. The van der Waals surface area contributed by atoms with Crippen LogP contribution in [-0.2, 0) is 4.74 Å². The minimum atomic E-state index is 0.0263. The summed E-state index contributed by atoms with van der Waals surface area (Å²) in [5, 5.41) is 0.331. The Morgan fingerprint density at radius 3 is 2.05 bits per heavy atom. The number of rotatable bonds is 2. The summed E-state index contributed by atoms with van der Waals surface area (Å²) in [4.78, 5) is 19.0. The number of ketones is 1. The summed E-state index contributed by atoms with van der Waals surface area (Å²) in [6, 6.07) is 7.39. The molecule has 0 atom stereocenters. The van der Waals surface area contributed by atoms with Gasteiger partial charge in [0.1, 0.15) is 0 Å². The summed E-state index contributed by atoms with van der Waals surface area (Å²) < 4.78 is 5.52. The first-order valence-corrected chi connectivity index (χ1v) is 6.48. The van der Waals surface area contributed by atoms with E-state index >= 15 is 0 Å². The highest BCUT2D eigenvalue weighted by atomic mass is 32.1. The summed E-state index contributed by atoms with van der Waals surface area (Å²) in [7, 11) is 7.25. The smallest absolute Gasteiger partial charge is 0.299 e. The number of hydrogen-bond acceptors (Lipinski definition) is 4. The molecule has 0 aliphatic heterocycles. The minimum Gasteiger partial charge on any atom is -0.398 e. The zero-order valence-corrected chi connectivity index (χ0v) is 13.2. The molecule has 0 radical (unpaired) electrons. The zero-order valence-electron chi connectivity index (χ0n) is 12.4. The standard InChI is InChI=1S/C14H19N3O2S/c1-10(18)11-6-8-12(9-7-11)15-13(16(2)3)19-14(20)17(4)5/h6-9H,1-5H3. The maximum Gasteiger partial charge on any atom is 0.299 e. The summed E-state index contributed by atoms with van der Waals surface area (Å²) in [5.74, 6) is 0.0263. The molecular weight excluding hydrogens is 274 g/mol. The molecule has 0 aliphatic carbocycles. The number of amidine groups is 1.